The highest BCUT2D eigenvalue weighted by molar-refractivity contribution is 5.94. The Morgan fingerprint density at radius 2 is 2.19 bits per heavy atom. The molecule has 5 heteroatoms. The minimum atomic E-state index is -1.14. The summed E-state index contributed by atoms with van der Waals surface area (Å²) < 4.78 is 13.5. The Hall–Kier alpha value is -1.78. The highest BCUT2D eigenvalue weighted by Gasteiger charge is 2.20. The number of benzene rings is 1. The molecule has 0 aliphatic heterocycles. The van der Waals surface area contributed by atoms with Crippen LogP contribution in [-0.2, 0) is 0 Å². The van der Waals surface area contributed by atoms with E-state index in [0.29, 0.717) is 0 Å². The van der Waals surface area contributed by atoms with Gasteiger partial charge in [-0.2, -0.15) is 0 Å². The van der Waals surface area contributed by atoms with Crippen molar-refractivity contribution in [3.8, 4) is 0 Å². The number of carbonyl (C=O) groups is 1. The maximum atomic E-state index is 13.5. The summed E-state index contributed by atoms with van der Waals surface area (Å²) in [6.07, 6.45) is 3.11. The minimum absolute atomic E-state index is 0.0517. The second-order valence-corrected chi connectivity index (χ2v) is 4.00. The molecule has 0 spiro atoms. The fraction of sp³-hybridized carbons (Fsp3) is 0.364. The quantitative estimate of drug-likeness (QED) is 0.687. The smallest absolute Gasteiger partial charge is 0.337 e. The number of carboxylic acids is 1. The van der Waals surface area contributed by atoms with Gasteiger partial charge in [-0.05, 0) is 31.4 Å². The lowest BCUT2D eigenvalue weighted by molar-refractivity contribution is 0.0698. The van der Waals surface area contributed by atoms with Gasteiger partial charge < -0.3 is 16.2 Å². The van der Waals surface area contributed by atoms with Gasteiger partial charge in [0.25, 0.3) is 0 Å². The number of nitrogens with one attached hydrogen (secondary N) is 1. The number of rotatable bonds is 3. The first kappa shape index (κ1) is 10.7. The molecule has 0 bridgehead atoms. The van der Waals surface area contributed by atoms with E-state index in [1.54, 1.807) is 0 Å². The van der Waals surface area contributed by atoms with E-state index in [0.717, 1.165) is 25.3 Å². The van der Waals surface area contributed by atoms with Crippen LogP contribution < -0.4 is 11.1 Å². The molecule has 1 aromatic rings. The SMILES string of the molecule is Nc1cc(F)c(NC2CCC2)cc1C(=O)O. The molecule has 0 aromatic heterocycles. The molecule has 86 valence electrons. The average Bonchev–Trinajstić information content (AvgIpc) is 2.13. The Balaban J connectivity index is 2.28. The van der Waals surface area contributed by atoms with E-state index in [1.165, 1.54) is 6.07 Å². The number of anilines is 2. The summed E-state index contributed by atoms with van der Waals surface area (Å²) in [6.45, 7) is 0. The van der Waals surface area contributed by atoms with E-state index in [4.69, 9.17) is 10.8 Å². The molecule has 16 heavy (non-hydrogen) atoms. The molecule has 4 nitrogen and oxygen atoms in total. The zero-order chi connectivity index (χ0) is 11.7. The van der Waals surface area contributed by atoms with Crippen LogP contribution in [0.2, 0.25) is 0 Å². The summed E-state index contributed by atoms with van der Waals surface area (Å²) in [4.78, 5) is 10.8. The summed E-state index contributed by atoms with van der Waals surface area (Å²) in [5, 5.41) is 11.8. The molecule has 1 aromatic carbocycles. The minimum Gasteiger partial charge on any atom is -0.478 e. The molecule has 0 saturated heterocycles. The van der Waals surface area contributed by atoms with Gasteiger partial charge >= 0.3 is 5.97 Å². The fourth-order valence-electron chi connectivity index (χ4n) is 1.66. The molecule has 1 fully saturated rings. The molecule has 1 aliphatic carbocycles. The Kier molecular flexibility index (Phi) is 2.68. The van der Waals surface area contributed by atoms with Gasteiger partial charge in [0.05, 0.1) is 11.3 Å². The Morgan fingerprint density at radius 3 is 2.69 bits per heavy atom. The Bertz CT molecular complexity index is 430. The van der Waals surface area contributed by atoms with Crippen molar-refractivity contribution < 1.29 is 14.3 Å². The molecular weight excluding hydrogens is 211 g/mol. The van der Waals surface area contributed by atoms with E-state index in [9.17, 15) is 9.18 Å². The molecule has 0 atom stereocenters. The van der Waals surface area contributed by atoms with Gasteiger partial charge in [0.2, 0.25) is 0 Å². The highest BCUT2D eigenvalue weighted by Crippen LogP contribution is 2.27. The maximum Gasteiger partial charge on any atom is 0.337 e. The summed E-state index contributed by atoms with van der Waals surface area (Å²) in [5.74, 6) is -1.65. The summed E-state index contributed by atoms with van der Waals surface area (Å²) in [7, 11) is 0. The highest BCUT2D eigenvalue weighted by atomic mass is 19.1. The second kappa shape index (κ2) is 4.00. The van der Waals surface area contributed by atoms with Crippen molar-refractivity contribution >= 4 is 17.3 Å². The van der Waals surface area contributed by atoms with Gasteiger partial charge in [-0.25, -0.2) is 9.18 Å². The van der Waals surface area contributed by atoms with Crippen molar-refractivity contribution in [2.75, 3.05) is 11.1 Å². The van der Waals surface area contributed by atoms with Crippen LogP contribution in [0.4, 0.5) is 15.8 Å². The summed E-state index contributed by atoms with van der Waals surface area (Å²) in [5.41, 5.74) is 5.52. The van der Waals surface area contributed by atoms with E-state index in [-0.39, 0.29) is 23.0 Å². The van der Waals surface area contributed by atoms with Crippen molar-refractivity contribution in [3.63, 3.8) is 0 Å². The van der Waals surface area contributed by atoms with E-state index in [2.05, 4.69) is 5.32 Å². The third-order valence-electron chi connectivity index (χ3n) is 2.83. The van der Waals surface area contributed by atoms with Crippen LogP contribution >= 0.6 is 0 Å². The molecule has 4 N–H and O–H groups in total. The van der Waals surface area contributed by atoms with Crippen LogP contribution in [-0.4, -0.2) is 17.1 Å². The zero-order valence-corrected chi connectivity index (χ0v) is 8.66. The molecule has 0 heterocycles. The van der Waals surface area contributed by atoms with Crippen LogP contribution in [0.1, 0.15) is 29.6 Å². The molecular formula is C11H13FN2O2. The van der Waals surface area contributed by atoms with Crippen LogP contribution in [0.15, 0.2) is 12.1 Å². The first-order valence-corrected chi connectivity index (χ1v) is 5.17. The van der Waals surface area contributed by atoms with E-state index < -0.39 is 11.8 Å². The van der Waals surface area contributed by atoms with E-state index >= 15 is 0 Å². The standard InChI is InChI=1S/C11H13FN2O2/c12-8-5-9(13)7(11(15)16)4-10(8)14-6-2-1-3-6/h4-6,14H,1-3,13H2,(H,15,16). The van der Waals surface area contributed by atoms with Crippen LogP contribution in [0, 0.1) is 5.82 Å². The third kappa shape index (κ3) is 1.93. The van der Waals surface area contributed by atoms with Crippen LogP contribution in [0.25, 0.3) is 0 Å². The van der Waals surface area contributed by atoms with Crippen LogP contribution in [0.3, 0.4) is 0 Å². The summed E-state index contributed by atoms with van der Waals surface area (Å²) >= 11 is 0. The van der Waals surface area contributed by atoms with Crippen molar-refractivity contribution in [3.05, 3.63) is 23.5 Å². The largest absolute Gasteiger partial charge is 0.478 e. The van der Waals surface area contributed by atoms with Crippen molar-refractivity contribution in [2.24, 2.45) is 0 Å². The Labute approximate surface area is 92.3 Å². The lowest BCUT2D eigenvalue weighted by atomic mass is 9.93. The van der Waals surface area contributed by atoms with Crippen molar-refractivity contribution in [2.45, 2.75) is 25.3 Å². The lowest BCUT2D eigenvalue weighted by Gasteiger charge is -2.27. The van der Waals surface area contributed by atoms with Crippen molar-refractivity contribution in [1.82, 2.24) is 0 Å². The molecule has 0 unspecified atom stereocenters. The van der Waals surface area contributed by atoms with Gasteiger partial charge in [0.1, 0.15) is 5.82 Å². The number of nitrogens with two attached hydrogens (primary N) is 1. The first-order valence-electron chi connectivity index (χ1n) is 5.17. The topological polar surface area (TPSA) is 75.3 Å². The lowest BCUT2D eigenvalue weighted by Crippen LogP contribution is -2.27. The summed E-state index contributed by atoms with van der Waals surface area (Å²) in [6, 6.07) is 2.55. The molecule has 0 amide bonds. The molecule has 0 radical (unpaired) electrons. The van der Waals surface area contributed by atoms with Crippen LogP contribution in [0.5, 0.6) is 0 Å². The molecule has 2 rings (SSSR count). The van der Waals surface area contributed by atoms with Crippen molar-refractivity contribution in [1.29, 1.82) is 0 Å². The average molecular weight is 224 g/mol. The fourth-order valence-corrected chi connectivity index (χ4v) is 1.66. The molecule has 1 saturated carbocycles. The third-order valence-corrected chi connectivity index (χ3v) is 2.83. The first-order chi connectivity index (χ1) is 7.58. The zero-order valence-electron chi connectivity index (χ0n) is 8.66. The predicted molar refractivity (Wildman–Crippen MR) is 59.0 cm³/mol. The normalized spacial score (nSPS) is 15.6. The maximum absolute atomic E-state index is 13.5. The van der Waals surface area contributed by atoms with E-state index in [1.807, 2.05) is 0 Å². The van der Waals surface area contributed by atoms with Gasteiger partial charge in [-0.15, -0.1) is 0 Å². The number of hydrogen-bond donors (Lipinski definition) is 3. The molecule has 1 aliphatic rings. The number of halogens is 1. The number of hydrogen-bond acceptors (Lipinski definition) is 3. The monoisotopic (exact) mass is 224 g/mol. The van der Waals surface area contributed by atoms with Gasteiger partial charge in [0.15, 0.2) is 0 Å². The number of aromatic carboxylic acids is 1. The van der Waals surface area contributed by atoms with Gasteiger partial charge in [-0.3, -0.25) is 0 Å². The van der Waals surface area contributed by atoms with Gasteiger partial charge in [0, 0.05) is 11.7 Å². The number of nitrogen functional groups attached to an aromatic ring is 1. The predicted octanol–water partition coefficient (Wildman–Crippen LogP) is 2.07. The number of carboxylic acid groups (broad SMARTS) is 1. The second-order valence-electron chi connectivity index (χ2n) is 4.00. The van der Waals surface area contributed by atoms with Gasteiger partial charge in [-0.1, -0.05) is 0 Å². The Morgan fingerprint density at radius 1 is 1.50 bits per heavy atom.